The topological polar surface area (TPSA) is 47.6 Å². The second kappa shape index (κ2) is 5.73. The van der Waals surface area contributed by atoms with Gasteiger partial charge in [-0.3, -0.25) is 0 Å². The van der Waals surface area contributed by atoms with Crippen LogP contribution in [0.3, 0.4) is 0 Å². The number of esters is 1. The molecule has 108 valence electrons. The lowest BCUT2D eigenvalue weighted by Crippen LogP contribution is -2.25. The fourth-order valence-electron chi connectivity index (χ4n) is 3.48. The first-order chi connectivity index (χ1) is 9.74. The Hall–Kier alpha value is -1.71. The quantitative estimate of drug-likeness (QED) is 0.839. The van der Waals surface area contributed by atoms with Gasteiger partial charge in [0.15, 0.2) is 6.61 Å². The number of rotatable bonds is 5. The maximum atomic E-state index is 11.0. The standard InChI is InChI=1S/C16H21NO3/c1-19-16(18)10-20-14-6-4-13(5-7-14)17-15-9-11-2-3-12(15)8-11/h4-7,11-12,15,17H,2-3,8-10H2,1H3. The molecular weight excluding hydrogens is 254 g/mol. The van der Waals surface area contributed by atoms with Gasteiger partial charge in [-0.15, -0.1) is 0 Å². The summed E-state index contributed by atoms with van der Waals surface area (Å²) in [5.74, 6) is 2.12. The molecule has 0 saturated heterocycles. The molecule has 2 saturated carbocycles. The Labute approximate surface area is 119 Å². The van der Waals surface area contributed by atoms with E-state index in [2.05, 4.69) is 10.1 Å². The minimum absolute atomic E-state index is 0.0460. The molecule has 0 spiro atoms. The number of carbonyl (C=O) groups is 1. The van der Waals surface area contributed by atoms with Gasteiger partial charge in [-0.05, 0) is 55.4 Å². The largest absolute Gasteiger partial charge is 0.482 e. The average Bonchev–Trinajstić information content (AvgIpc) is 3.08. The predicted octanol–water partition coefficient (Wildman–Crippen LogP) is 2.84. The molecule has 0 amide bonds. The molecule has 1 N–H and O–H groups in total. The van der Waals surface area contributed by atoms with Gasteiger partial charge in [-0.1, -0.05) is 6.42 Å². The van der Waals surface area contributed by atoms with Crippen LogP contribution in [-0.4, -0.2) is 25.7 Å². The van der Waals surface area contributed by atoms with E-state index in [0.29, 0.717) is 11.8 Å². The van der Waals surface area contributed by atoms with E-state index in [4.69, 9.17) is 4.74 Å². The first kappa shape index (κ1) is 13.3. The lowest BCUT2D eigenvalue weighted by Gasteiger charge is -2.24. The van der Waals surface area contributed by atoms with Gasteiger partial charge in [-0.25, -0.2) is 4.79 Å². The molecule has 3 unspecified atom stereocenters. The molecule has 0 aromatic heterocycles. The van der Waals surface area contributed by atoms with Crippen LogP contribution in [0.5, 0.6) is 5.75 Å². The summed E-state index contributed by atoms with van der Waals surface area (Å²) in [4.78, 5) is 11.0. The third kappa shape index (κ3) is 2.89. The molecule has 0 heterocycles. The van der Waals surface area contributed by atoms with E-state index in [1.165, 1.54) is 32.8 Å². The van der Waals surface area contributed by atoms with E-state index in [-0.39, 0.29) is 12.6 Å². The molecule has 1 aromatic rings. The van der Waals surface area contributed by atoms with Crippen molar-refractivity contribution in [3.05, 3.63) is 24.3 Å². The molecule has 1 aromatic carbocycles. The molecule has 2 fully saturated rings. The lowest BCUT2D eigenvalue weighted by atomic mass is 9.95. The van der Waals surface area contributed by atoms with Gasteiger partial charge in [0.05, 0.1) is 7.11 Å². The van der Waals surface area contributed by atoms with Crippen LogP contribution < -0.4 is 10.1 Å². The highest BCUT2D eigenvalue weighted by atomic mass is 16.6. The van der Waals surface area contributed by atoms with E-state index < -0.39 is 0 Å². The smallest absolute Gasteiger partial charge is 0.343 e. The predicted molar refractivity (Wildman–Crippen MR) is 76.8 cm³/mol. The van der Waals surface area contributed by atoms with Crippen molar-refractivity contribution in [1.29, 1.82) is 0 Å². The molecule has 0 radical (unpaired) electrons. The summed E-state index contributed by atoms with van der Waals surface area (Å²) >= 11 is 0. The zero-order valence-electron chi connectivity index (χ0n) is 11.8. The Morgan fingerprint density at radius 3 is 2.65 bits per heavy atom. The minimum atomic E-state index is -0.366. The summed E-state index contributed by atoms with van der Waals surface area (Å²) in [7, 11) is 1.36. The second-order valence-electron chi connectivity index (χ2n) is 5.81. The van der Waals surface area contributed by atoms with Gasteiger partial charge in [0.2, 0.25) is 0 Å². The van der Waals surface area contributed by atoms with Crippen LogP contribution in [0.15, 0.2) is 24.3 Å². The molecule has 2 aliphatic rings. The number of nitrogens with one attached hydrogen (secondary N) is 1. The molecule has 0 aliphatic heterocycles. The molecule has 3 rings (SSSR count). The van der Waals surface area contributed by atoms with Crippen LogP contribution in [-0.2, 0) is 9.53 Å². The summed E-state index contributed by atoms with van der Waals surface area (Å²) in [6.45, 7) is -0.0460. The van der Waals surface area contributed by atoms with Crippen molar-refractivity contribution in [3.8, 4) is 5.75 Å². The Bertz CT molecular complexity index is 471. The van der Waals surface area contributed by atoms with Crippen LogP contribution in [0.2, 0.25) is 0 Å². The zero-order chi connectivity index (χ0) is 13.9. The fraction of sp³-hybridized carbons (Fsp3) is 0.562. The number of hydrogen-bond donors (Lipinski definition) is 1. The molecule has 2 aliphatic carbocycles. The summed E-state index contributed by atoms with van der Waals surface area (Å²) in [6.07, 6.45) is 5.51. The first-order valence-electron chi connectivity index (χ1n) is 7.31. The van der Waals surface area contributed by atoms with Gasteiger partial charge < -0.3 is 14.8 Å². The second-order valence-corrected chi connectivity index (χ2v) is 5.81. The van der Waals surface area contributed by atoms with Crippen molar-refractivity contribution in [3.63, 3.8) is 0 Å². The van der Waals surface area contributed by atoms with Crippen LogP contribution in [0.25, 0.3) is 0 Å². The van der Waals surface area contributed by atoms with E-state index in [1.54, 1.807) is 0 Å². The fourth-order valence-corrected chi connectivity index (χ4v) is 3.48. The average molecular weight is 275 g/mol. The minimum Gasteiger partial charge on any atom is -0.482 e. The number of carbonyl (C=O) groups excluding carboxylic acids is 1. The Kier molecular flexibility index (Phi) is 3.81. The molecule has 2 bridgehead atoms. The van der Waals surface area contributed by atoms with Gasteiger partial charge in [0.25, 0.3) is 0 Å². The number of anilines is 1. The number of fused-ring (bicyclic) bond motifs is 2. The van der Waals surface area contributed by atoms with E-state index in [9.17, 15) is 4.79 Å². The van der Waals surface area contributed by atoms with Crippen molar-refractivity contribution in [1.82, 2.24) is 0 Å². The number of ether oxygens (including phenoxy) is 2. The van der Waals surface area contributed by atoms with Crippen LogP contribution in [0.4, 0.5) is 5.69 Å². The van der Waals surface area contributed by atoms with Gasteiger partial charge in [0, 0.05) is 11.7 Å². The monoisotopic (exact) mass is 275 g/mol. The highest BCUT2D eigenvalue weighted by Crippen LogP contribution is 2.45. The highest BCUT2D eigenvalue weighted by Gasteiger charge is 2.39. The number of methoxy groups -OCH3 is 1. The van der Waals surface area contributed by atoms with E-state index >= 15 is 0 Å². The van der Waals surface area contributed by atoms with E-state index in [1.807, 2.05) is 24.3 Å². The molecule has 4 heteroatoms. The highest BCUT2D eigenvalue weighted by molar-refractivity contribution is 5.70. The molecular formula is C16H21NO3. The Morgan fingerprint density at radius 2 is 2.05 bits per heavy atom. The first-order valence-corrected chi connectivity index (χ1v) is 7.31. The summed E-state index contributed by atoms with van der Waals surface area (Å²) in [6, 6.07) is 8.43. The summed E-state index contributed by atoms with van der Waals surface area (Å²) in [5, 5.41) is 3.63. The zero-order valence-corrected chi connectivity index (χ0v) is 11.8. The molecule has 20 heavy (non-hydrogen) atoms. The van der Waals surface area contributed by atoms with Gasteiger partial charge >= 0.3 is 5.97 Å². The SMILES string of the molecule is COC(=O)COc1ccc(NC2CC3CCC2C3)cc1. The third-order valence-electron chi connectivity index (χ3n) is 4.53. The van der Waals surface area contributed by atoms with Crippen molar-refractivity contribution in [2.24, 2.45) is 11.8 Å². The van der Waals surface area contributed by atoms with Gasteiger partial charge in [0.1, 0.15) is 5.75 Å². The molecule has 3 atom stereocenters. The maximum Gasteiger partial charge on any atom is 0.343 e. The Morgan fingerprint density at radius 1 is 1.25 bits per heavy atom. The summed E-state index contributed by atoms with van der Waals surface area (Å²) in [5.41, 5.74) is 1.13. The number of benzene rings is 1. The normalized spacial score (nSPS) is 27.4. The van der Waals surface area contributed by atoms with Crippen LogP contribution in [0.1, 0.15) is 25.7 Å². The van der Waals surface area contributed by atoms with Crippen LogP contribution in [0, 0.1) is 11.8 Å². The van der Waals surface area contributed by atoms with Gasteiger partial charge in [-0.2, -0.15) is 0 Å². The Balaban J connectivity index is 1.52. The third-order valence-corrected chi connectivity index (χ3v) is 4.53. The summed E-state index contributed by atoms with van der Waals surface area (Å²) < 4.78 is 9.87. The van der Waals surface area contributed by atoms with Crippen molar-refractivity contribution < 1.29 is 14.3 Å². The van der Waals surface area contributed by atoms with Crippen molar-refractivity contribution in [2.75, 3.05) is 19.0 Å². The van der Waals surface area contributed by atoms with E-state index in [0.717, 1.165) is 17.5 Å². The molecule has 4 nitrogen and oxygen atoms in total. The maximum absolute atomic E-state index is 11.0. The lowest BCUT2D eigenvalue weighted by molar-refractivity contribution is -0.142. The van der Waals surface area contributed by atoms with Crippen LogP contribution >= 0.6 is 0 Å². The van der Waals surface area contributed by atoms with Crippen molar-refractivity contribution in [2.45, 2.75) is 31.7 Å². The van der Waals surface area contributed by atoms with Crippen molar-refractivity contribution >= 4 is 11.7 Å². The number of hydrogen-bond acceptors (Lipinski definition) is 4.